The van der Waals surface area contributed by atoms with Crippen LogP contribution in [0.1, 0.15) is 50.4 Å². The Morgan fingerprint density at radius 3 is 2.44 bits per heavy atom. The minimum Gasteiger partial charge on any atom is -0.326 e. The van der Waals surface area contributed by atoms with Gasteiger partial charge in [0.1, 0.15) is 0 Å². The second-order valence-corrected chi connectivity index (χ2v) is 5.50. The van der Waals surface area contributed by atoms with Crippen LogP contribution < -0.4 is 5.73 Å². The fourth-order valence-electron chi connectivity index (χ4n) is 3.03. The van der Waals surface area contributed by atoms with Crippen molar-refractivity contribution in [3.05, 3.63) is 17.5 Å². The summed E-state index contributed by atoms with van der Waals surface area (Å²) in [4.78, 5) is 0. The molecule has 0 aliphatic heterocycles. The van der Waals surface area contributed by atoms with Crippen LogP contribution in [-0.2, 0) is 6.54 Å². The molecule has 2 rings (SSSR count). The fraction of sp³-hybridized carbons (Fsp3) is 0.769. The Balaban J connectivity index is 2.16. The van der Waals surface area contributed by atoms with Gasteiger partial charge in [0.05, 0.1) is 11.7 Å². The summed E-state index contributed by atoms with van der Waals surface area (Å²) in [5.41, 5.74) is 7.97. The van der Waals surface area contributed by atoms with Crippen molar-refractivity contribution in [1.29, 1.82) is 0 Å². The van der Waals surface area contributed by atoms with Crippen LogP contribution in [0.15, 0.2) is 6.20 Å². The first-order valence-corrected chi connectivity index (χ1v) is 6.34. The molecule has 1 heterocycles. The first kappa shape index (κ1) is 11.6. The molecule has 0 bridgehead atoms. The molecular formula is C13H23N3. The Labute approximate surface area is 98.0 Å². The summed E-state index contributed by atoms with van der Waals surface area (Å²) < 4.78 is 2.16. The highest BCUT2D eigenvalue weighted by molar-refractivity contribution is 5.15. The summed E-state index contributed by atoms with van der Waals surface area (Å²) in [6, 6.07) is 0.581. The van der Waals surface area contributed by atoms with E-state index in [1.54, 1.807) is 0 Å². The first-order chi connectivity index (χ1) is 7.60. The van der Waals surface area contributed by atoms with Gasteiger partial charge in [0, 0.05) is 18.3 Å². The molecule has 0 aromatic carbocycles. The van der Waals surface area contributed by atoms with Crippen molar-refractivity contribution in [2.24, 2.45) is 17.6 Å². The summed E-state index contributed by atoms with van der Waals surface area (Å²) in [6.45, 7) is 7.35. The summed E-state index contributed by atoms with van der Waals surface area (Å²) >= 11 is 0. The maximum Gasteiger partial charge on any atom is 0.0638 e. The number of nitrogens with two attached hydrogens (primary N) is 1. The Kier molecular flexibility index (Phi) is 3.33. The summed E-state index contributed by atoms with van der Waals surface area (Å²) in [5.74, 6) is 1.64. The van der Waals surface area contributed by atoms with Crippen LogP contribution in [0, 0.1) is 18.8 Å². The van der Waals surface area contributed by atoms with E-state index < -0.39 is 0 Å². The Morgan fingerprint density at radius 2 is 1.94 bits per heavy atom. The van der Waals surface area contributed by atoms with Crippen molar-refractivity contribution < 1.29 is 0 Å². The van der Waals surface area contributed by atoms with Gasteiger partial charge in [-0.05, 0) is 38.0 Å². The monoisotopic (exact) mass is 221 g/mol. The normalized spacial score (nSPS) is 30.6. The Hall–Kier alpha value is -0.830. The SMILES string of the molecule is Cc1nn(C2CC(C)CC(C)C2)cc1CN. The zero-order chi connectivity index (χ0) is 11.7. The lowest BCUT2D eigenvalue weighted by molar-refractivity contribution is 0.209. The molecule has 0 amide bonds. The highest BCUT2D eigenvalue weighted by Crippen LogP contribution is 2.35. The topological polar surface area (TPSA) is 43.8 Å². The van der Waals surface area contributed by atoms with Crippen LogP contribution >= 0.6 is 0 Å². The number of hydrogen-bond donors (Lipinski definition) is 1. The van der Waals surface area contributed by atoms with Gasteiger partial charge in [-0.25, -0.2) is 0 Å². The van der Waals surface area contributed by atoms with E-state index in [-0.39, 0.29) is 0 Å². The average Bonchev–Trinajstić information content (AvgIpc) is 2.58. The third kappa shape index (κ3) is 2.29. The van der Waals surface area contributed by atoms with Gasteiger partial charge in [0.2, 0.25) is 0 Å². The van der Waals surface area contributed by atoms with Crippen molar-refractivity contribution in [3.8, 4) is 0 Å². The zero-order valence-corrected chi connectivity index (χ0v) is 10.6. The first-order valence-electron chi connectivity index (χ1n) is 6.34. The molecule has 2 unspecified atom stereocenters. The fourth-order valence-corrected chi connectivity index (χ4v) is 3.03. The van der Waals surface area contributed by atoms with E-state index in [2.05, 4.69) is 29.8 Å². The number of aryl methyl sites for hydroxylation is 1. The molecule has 1 fully saturated rings. The largest absolute Gasteiger partial charge is 0.326 e. The molecule has 1 aromatic heterocycles. The second-order valence-electron chi connectivity index (χ2n) is 5.50. The van der Waals surface area contributed by atoms with Crippen LogP contribution in [0.3, 0.4) is 0 Å². The number of hydrogen-bond acceptors (Lipinski definition) is 2. The van der Waals surface area contributed by atoms with Crippen molar-refractivity contribution in [1.82, 2.24) is 9.78 Å². The smallest absolute Gasteiger partial charge is 0.0638 e. The van der Waals surface area contributed by atoms with E-state index in [9.17, 15) is 0 Å². The molecule has 90 valence electrons. The molecule has 2 N–H and O–H groups in total. The second kappa shape index (κ2) is 4.58. The van der Waals surface area contributed by atoms with Crippen molar-refractivity contribution in [2.45, 2.75) is 52.6 Å². The molecule has 0 spiro atoms. The third-order valence-corrected chi connectivity index (χ3v) is 3.77. The van der Waals surface area contributed by atoms with Gasteiger partial charge in [-0.3, -0.25) is 4.68 Å². The summed E-state index contributed by atoms with van der Waals surface area (Å²) in [5, 5.41) is 4.61. The van der Waals surface area contributed by atoms with Crippen molar-refractivity contribution in [3.63, 3.8) is 0 Å². The quantitative estimate of drug-likeness (QED) is 0.834. The third-order valence-electron chi connectivity index (χ3n) is 3.77. The summed E-state index contributed by atoms with van der Waals surface area (Å²) in [7, 11) is 0. The highest BCUT2D eigenvalue weighted by Gasteiger charge is 2.25. The minimum absolute atomic E-state index is 0.581. The van der Waals surface area contributed by atoms with Crippen molar-refractivity contribution >= 4 is 0 Å². The summed E-state index contributed by atoms with van der Waals surface area (Å²) in [6.07, 6.45) is 6.02. The van der Waals surface area contributed by atoms with E-state index in [1.807, 2.05) is 6.92 Å². The predicted molar refractivity (Wildman–Crippen MR) is 66.1 cm³/mol. The molecule has 0 radical (unpaired) electrons. The lowest BCUT2D eigenvalue weighted by Gasteiger charge is -2.31. The number of rotatable bonds is 2. The van der Waals surface area contributed by atoms with Gasteiger partial charge >= 0.3 is 0 Å². The van der Waals surface area contributed by atoms with E-state index in [0.29, 0.717) is 12.6 Å². The molecule has 1 aromatic rings. The molecular weight excluding hydrogens is 198 g/mol. The Morgan fingerprint density at radius 1 is 1.31 bits per heavy atom. The zero-order valence-electron chi connectivity index (χ0n) is 10.6. The molecule has 3 nitrogen and oxygen atoms in total. The lowest BCUT2D eigenvalue weighted by Crippen LogP contribution is -2.23. The van der Waals surface area contributed by atoms with Crippen LogP contribution in [0.4, 0.5) is 0 Å². The van der Waals surface area contributed by atoms with E-state index >= 15 is 0 Å². The molecule has 2 atom stereocenters. The lowest BCUT2D eigenvalue weighted by atomic mass is 9.80. The average molecular weight is 221 g/mol. The van der Waals surface area contributed by atoms with E-state index in [4.69, 9.17) is 5.73 Å². The van der Waals surface area contributed by atoms with Gasteiger partial charge in [0.25, 0.3) is 0 Å². The molecule has 3 heteroatoms. The van der Waals surface area contributed by atoms with Crippen molar-refractivity contribution in [2.75, 3.05) is 0 Å². The van der Waals surface area contributed by atoms with Crippen LogP contribution in [-0.4, -0.2) is 9.78 Å². The van der Waals surface area contributed by atoms with Gasteiger partial charge in [-0.15, -0.1) is 0 Å². The number of aromatic nitrogens is 2. The highest BCUT2D eigenvalue weighted by atomic mass is 15.3. The van der Waals surface area contributed by atoms with Gasteiger partial charge in [-0.1, -0.05) is 13.8 Å². The molecule has 1 saturated carbocycles. The van der Waals surface area contributed by atoms with Gasteiger partial charge in [0.15, 0.2) is 0 Å². The standard InChI is InChI=1S/C13H23N3/c1-9-4-10(2)6-13(5-9)16-8-12(7-14)11(3)15-16/h8-10,13H,4-7,14H2,1-3H3. The molecule has 1 aliphatic carbocycles. The number of nitrogens with zero attached hydrogens (tertiary/aromatic N) is 2. The van der Waals surface area contributed by atoms with Crippen LogP contribution in [0.5, 0.6) is 0 Å². The molecule has 16 heavy (non-hydrogen) atoms. The van der Waals surface area contributed by atoms with E-state index in [0.717, 1.165) is 17.5 Å². The maximum absolute atomic E-state index is 5.69. The molecule has 0 saturated heterocycles. The van der Waals surface area contributed by atoms with Crippen LogP contribution in [0.2, 0.25) is 0 Å². The Bertz CT molecular complexity index is 346. The maximum atomic E-state index is 5.69. The van der Waals surface area contributed by atoms with Crippen LogP contribution in [0.25, 0.3) is 0 Å². The van der Waals surface area contributed by atoms with E-state index in [1.165, 1.54) is 24.8 Å². The predicted octanol–water partition coefficient (Wildman–Crippen LogP) is 2.65. The molecule has 1 aliphatic rings. The minimum atomic E-state index is 0.581. The van der Waals surface area contributed by atoms with Gasteiger partial charge in [-0.2, -0.15) is 5.10 Å². The van der Waals surface area contributed by atoms with Gasteiger partial charge < -0.3 is 5.73 Å².